The number of fused-ring (bicyclic) bond motifs is 1. The molecule has 0 aliphatic heterocycles. The smallest absolute Gasteiger partial charge is 0.337 e. The summed E-state index contributed by atoms with van der Waals surface area (Å²) >= 11 is 0. The van der Waals surface area contributed by atoms with Crippen LogP contribution in [0, 0.1) is 5.92 Å². The topological polar surface area (TPSA) is 69.6 Å². The van der Waals surface area contributed by atoms with Gasteiger partial charge in [0.05, 0.1) is 19.8 Å². The highest BCUT2D eigenvalue weighted by atomic mass is 16.5. The largest absolute Gasteiger partial charge is 0.496 e. The second-order valence-electron chi connectivity index (χ2n) is 9.10. The number of amides is 1. The monoisotopic (exact) mass is 464 g/mol. The summed E-state index contributed by atoms with van der Waals surface area (Å²) in [6, 6.07) is 12.2. The molecule has 0 radical (unpaired) electrons. The fourth-order valence-corrected chi connectivity index (χ4v) is 4.28. The Bertz CT molecular complexity index is 1160. The van der Waals surface area contributed by atoms with Crippen molar-refractivity contribution in [1.29, 1.82) is 0 Å². The van der Waals surface area contributed by atoms with Gasteiger partial charge in [0.2, 0.25) is 5.91 Å². The third kappa shape index (κ3) is 5.61. The number of ether oxygens (including phenoxy) is 2. The minimum atomic E-state index is -0.386. The van der Waals surface area contributed by atoms with Crippen LogP contribution in [0.5, 0.6) is 5.75 Å². The average molecular weight is 465 g/mol. The second-order valence-corrected chi connectivity index (χ2v) is 9.10. The molecule has 1 amide bonds. The molecule has 0 fully saturated rings. The maximum atomic E-state index is 12.4. The Kier molecular flexibility index (Phi) is 8.37. The number of carbonyl (C=O) groups excluding carboxylic acids is 2. The van der Waals surface area contributed by atoms with Crippen LogP contribution in [-0.2, 0) is 22.4 Å². The molecule has 0 saturated heterocycles. The summed E-state index contributed by atoms with van der Waals surface area (Å²) in [7, 11) is 2.98. The van der Waals surface area contributed by atoms with E-state index >= 15 is 0 Å². The average Bonchev–Trinajstić information content (AvgIpc) is 3.20. The van der Waals surface area contributed by atoms with E-state index in [2.05, 4.69) is 55.1 Å². The molecule has 34 heavy (non-hydrogen) atoms. The number of rotatable bonds is 10. The van der Waals surface area contributed by atoms with Crippen LogP contribution in [0.1, 0.15) is 67.2 Å². The summed E-state index contributed by atoms with van der Waals surface area (Å²) in [5.41, 5.74) is 4.95. The van der Waals surface area contributed by atoms with Crippen LogP contribution >= 0.6 is 0 Å². The third-order valence-corrected chi connectivity index (χ3v) is 6.16. The molecule has 0 aliphatic rings. The molecule has 1 N–H and O–H groups in total. The molecule has 2 aromatic carbocycles. The van der Waals surface area contributed by atoms with Gasteiger partial charge in [0.1, 0.15) is 5.75 Å². The van der Waals surface area contributed by atoms with Crippen molar-refractivity contribution in [2.45, 2.75) is 53.0 Å². The predicted molar refractivity (Wildman–Crippen MR) is 136 cm³/mol. The molecular formula is C28H36N2O4. The minimum Gasteiger partial charge on any atom is -0.496 e. The molecule has 1 atom stereocenters. The Hall–Kier alpha value is -3.28. The van der Waals surface area contributed by atoms with Gasteiger partial charge < -0.3 is 19.4 Å². The second kappa shape index (κ2) is 11.2. The van der Waals surface area contributed by atoms with Crippen molar-refractivity contribution in [1.82, 2.24) is 9.88 Å². The summed E-state index contributed by atoms with van der Waals surface area (Å²) in [6.07, 6.45) is 4.48. The van der Waals surface area contributed by atoms with Crippen LogP contribution in [-0.4, -0.2) is 37.2 Å². The van der Waals surface area contributed by atoms with Crippen LogP contribution in [0.15, 0.2) is 42.6 Å². The summed E-state index contributed by atoms with van der Waals surface area (Å²) in [4.78, 5) is 24.3. The molecule has 6 heteroatoms. The van der Waals surface area contributed by atoms with E-state index in [0.29, 0.717) is 36.7 Å². The molecule has 3 rings (SSSR count). The molecule has 0 bridgehead atoms. The standard InChI is InChI=1S/C28H36N2O4/c1-7-12-29-27(31)19(4)13-20-8-11-25-24(14-20)23(17-30(25)18(2)3)15-21-9-10-22(28(32)34-6)16-26(21)33-5/h8-11,14,16-19H,7,12-13,15H2,1-6H3,(H,29,31). The van der Waals surface area contributed by atoms with Gasteiger partial charge in [0.25, 0.3) is 0 Å². The molecular weight excluding hydrogens is 428 g/mol. The zero-order valence-corrected chi connectivity index (χ0v) is 21.1. The van der Waals surface area contributed by atoms with Crippen LogP contribution in [0.2, 0.25) is 0 Å². The number of benzene rings is 2. The van der Waals surface area contributed by atoms with Crippen molar-refractivity contribution < 1.29 is 19.1 Å². The fourth-order valence-electron chi connectivity index (χ4n) is 4.28. The Morgan fingerprint density at radius 1 is 1.03 bits per heavy atom. The van der Waals surface area contributed by atoms with Gasteiger partial charge in [0.15, 0.2) is 0 Å². The van der Waals surface area contributed by atoms with Crippen LogP contribution < -0.4 is 10.1 Å². The minimum absolute atomic E-state index is 0.0920. The highest BCUT2D eigenvalue weighted by Crippen LogP contribution is 2.31. The Labute approximate surface area is 202 Å². The van der Waals surface area contributed by atoms with Crippen molar-refractivity contribution in [3.05, 3.63) is 64.8 Å². The highest BCUT2D eigenvalue weighted by molar-refractivity contribution is 5.90. The maximum absolute atomic E-state index is 12.4. The number of hydrogen-bond donors (Lipinski definition) is 1. The molecule has 1 heterocycles. The first-order valence-electron chi connectivity index (χ1n) is 11.9. The number of hydrogen-bond acceptors (Lipinski definition) is 4. The SMILES string of the molecule is CCCNC(=O)C(C)Cc1ccc2c(c1)c(Cc1ccc(C(=O)OC)cc1OC)cn2C(C)C. The van der Waals surface area contributed by atoms with Crippen LogP contribution in [0.25, 0.3) is 10.9 Å². The quantitative estimate of drug-likeness (QED) is 0.413. The maximum Gasteiger partial charge on any atom is 0.337 e. The van der Waals surface area contributed by atoms with Gasteiger partial charge in [-0.1, -0.05) is 26.0 Å². The molecule has 0 spiro atoms. The first-order valence-corrected chi connectivity index (χ1v) is 11.9. The Morgan fingerprint density at radius 3 is 2.44 bits per heavy atom. The van der Waals surface area contributed by atoms with Gasteiger partial charge in [-0.3, -0.25) is 4.79 Å². The van der Waals surface area contributed by atoms with Crippen LogP contribution in [0.3, 0.4) is 0 Å². The molecule has 6 nitrogen and oxygen atoms in total. The van der Waals surface area contributed by atoms with Crippen molar-refractivity contribution in [2.24, 2.45) is 5.92 Å². The highest BCUT2D eigenvalue weighted by Gasteiger charge is 2.17. The first kappa shape index (κ1) is 25.3. The van der Waals surface area contributed by atoms with E-state index < -0.39 is 0 Å². The van der Waals surface area contributed by atoms with E-state index in [4.69, 9.17) is 9.47 Å². The van der Waals surface area contributed by atoms with Gasteiger partial charge in [-0.2, -0.15) is 0 Å². The van der Waals surface area contributed by atoms with Gasteiger partial charge in [-0.05, 0) is 67.6 Å². The van der Waals surface area contributed by atoms with E-state index in [1.165, 1.54) is 23.6 Å². The molecule has 1 unspecified atom stereocenters. The van der Waals surface area contributed by atoms with E-state index in [1.807, 2.05) is 13.0 Å². The lowest BCUT2D eigenvalue weighted by atomic mass is 9.97. The summed E-state index contributed by atoms with van der Waals surface area (Å²) < 4.78 is 12.7. The van der Waals surface area contributed by atoms with Gasteiger partial charge in [0, 0.05) is 42.0 Å². The number of methoxy groups -OCH3 is 2. The first-order chi connectivity index (χ1) is 16.3. The van der Waals surface area contributed by atoms with Gasteiger partial charge in [-0.25, -0.2) is 4.79 Å². The molecule has 3 aromatic rings. The van der Waals surface area contributed by atoms with Crippen molar-refractivity contribution in [3.8, 4) is 5.75 Å². The normalized spacial score (nSPS) is 12.1. The van der Waals surface area contributed by atoms with Crippen LogP contribution in [0.4, 0.5) is 0 Å². The van der Waals surface area contributed by atoms with Gasteiger partial charge in [-0.15, -0.1) is 0 Å². The fraction of sp³-hybridized carbons (Fsp3) is 0.429. The number of aromatic nitrogens is 1. The van der Waals surface area contributed by atoms with Gasteiger partial charge >= 0.3 is 5.97 Å². The molecule has 0 saturated carbocycles. The van der Waals surface area contributed by atoms with E-state index in [9.17, 15) is 9.59 Å². The summed E-state index contributed by atoms with van der Waals surface area (Å²) in [5.74, 6) is 0.275. The summed E-state index contributed by atoms with van der Waals surface area (Å²) in [5, 5.41) is 4.16. The Morgan fingerprint density at radius 2 is 1.79 bits per heavy atom. The lowest BCUT2D eigenvalue weighted by Gasteiger charge is -2.13. The zero-order valence-electron chi connectivity index (χ0n) is 21.1. The zero-order chi connectivity index (χ0) is 24.8. The lowest BCUT2D eigenvalue weighted by Crippen LogP contribution is -2.30. The third-order valence-electron chi connectivity index (χ3n) is 6.16. The van der Waals surface area contributed by atoms with E-state index in [-0.39, 0.29) is 17.8 Å². The number of esters is 1. The molecule has 1 aromatic heterocycles. The van der Waals surface area contributed by atoms with Crippen molar-refractivity contribution in [3.63, 3.8) is 0 Å². The predicted octanol–water partition coefficient (Wildman–Crippen LogP) is 5.31. The Balaban J connectivity index is 1.96. The lowest BCUT2D eigenvalue weighted by molar-refractivity contribution is -0.124. The van der Waals surface area contributed by atoms with E-state index in [0.717, 1.165) is 17.5 Å². The molecule has 182 valence electrons. The summed E-state index contributed by atoms with van der Waals surface area (Å²) in [6.45, 7) is 9.08. The molecule has 0 aliphatic carbocycles. The number of nitrogens with zero attached hydrogens (tertiary/aromatic N) is 1. The van der Waals surface area contributed by atoms with Crippen molar-refractivity contribution >= 4 is 22.8 Å². The van der Waals surface area contributed by atoms with Crippen molar-refractivity contribution in [2.75, 3.05) is 20.8 Å². The number of carbonyl (C=O) groups is 2. The van der Waals surface area contributed by atoms with E-state index in [1.54, 1.807) is 19.2 Å². The number of nitrogens with one attached hydrogen (secondary N) is 1.